The van der Waals surface area contributed by atoms with E-state index in [2.05, 4.69) is 4.18 Å². The number of non-ortho nitro benzene ring substituents is 1. The van der Waals surface area contributed by atoms with Gasteiger partial charge in [-0.1, -0.05) is 18.2 Å². The number of hydrogen-bond acceptors (Lipinski definition) is 8. The zero-order chi connectivity index (χ0) is 22.7. The van der Waals surface area contributed by atoms with Gasteiger partial charge in [-0.05, 0) is 17.7 Å². The van der Waals surface area contributed by atoms with E-state index < -0.39 is 37.7 Å². The van der Waals surface area contributed by atoms with Gasteiger partial charge in [0.05, 0.1) is 25.2 Å². The normalized spacial score (nSPS) is 12.0. The molecule has 30 heavy (non-hydrogen) atoms. The van der Waals surface area contributed by atoms with Crippen molar-refractivity contribution in [3.05, 3.63) is 51.6 Å². The van der Waals surface area contributed by atoms with Crippen LogP contribution < -0.4 is 13.7 Å². The highest BCUT2D eigenvalue weighted by Gasteiger charge is 2.49. The third kappa shape index (κ3) is 4.92. The number of nitro groups is 1. The largest absolute Gasteiger partial charge is 0.534 e. The second-order valence-electron chi connectivity index (χ2n) is 5.57. The average molecular weight is 449 g/mol. The zero-order valence-electron chi connectivity index (χ0n) is 15.3. The Labute approximate surface area is 168 Å². The van der Waals surface area contributed by atoms with Crippen molar-refractivity contribution in [1.82, 2.24) is 0 Å². The van der Waals surface area contributed by atoms with E-state index in [1.807, 2.05) is 0 Å². The second kappa shape index (κ2) is 8.49. The predicted molar refractivity (Wildman–Crippen MR) is 98.8 cm³/mol. The molecule has 0 unspecified atom stereocenters. The standard InChI is InChI=1S/C17H14F3NO8S/c1-27-14-7-10(4-6-13(14)22)3-5-11-8-12(21(23)24)9-15(28-2)16(11)29-30(25,26)17(18,19)20/h3-9,22H,1-2H3/b5-3+. The maximum atomic E-state index is 12.7. The van der Waals surface area contributed by atoms with E-state index >= 15 is 0 Å². The van der Waals surface area contributed by atoms with E-state index in [1.165, 1.54) is 31.4 Å². The molecule has 0 heterocycles. The summed E-state index contributed by atoms with van der Waals surface area (Å²) in [7, 11) is -3.80. The van der Waals surface area contributed by atoms with Crippen LogP contribution in [0.5, 0.6) is 23.0 Å². The number of aromatic hydroxyl groups is 1. The smallest absolute Gasteiger partial charge is 0.504 e. The van der Waals surface area contributed by atoms with Crippen molar-refractivity contribution < 1.29 is 45.3 Å². The molecule has 0 aromatic heterocycles. The van der Waals surface area contributed by atoms with Crippen molar-refractivity contribution in [2.45, 2.75) is 5.51 Å². The molecule has 0 fully saturated rings. The molecule has 162 valence electrons. The Morgan fingerprint density at radius 3 is 2.23 bits per heavy atom. The van der Waals surface area contributed by atoms with Crippen LogP contribution in [-0.4, -0.2) is 38.2 Å². The van der Waals surface area contributed by atoms with Gasteiger partial charge in [0.15, 0.2) is 23.0 Å². The summed E-state index contributed by atoms with van der Waals surface area (Å²) in [6, 6.07) is 5.60. The molecule has 0 saturated carbocycles. The molecular weight excluding hydrogens is 435 g/mol. The number of phenols is 1. The first kappa shape index (κ1) is 22.8. The van der Waals surface area contributed by atoms with Gasteiger partial charge < -0.3 is 18.8 Å². The van der Waals surface area contributed by atoms with Crippen molar-refractivity contribution in [1.29, 1.82) is 0 Å². The van der Waals surface area contributed by atoms with E-state index in [1.54, 1.807) is 0 Å². The summed E-state index contributed by atoms with van der Waals surface area (Å²) in [5.41, 5.74) is -6.31. The Balaban J connectivity index is 2.63. The Morgan fingerprint density at radius 2 is 1.70 bits per heavy atom. The van der Waals surface area contributed by atoms with Gasteiger partial charge in [-0.2, -0.15) is 21.6 Å². The number of nitrogens with zero attached hydrogens (tertiary/aromatic N) is 1. The van der Waals surface area contributed by atoms with Crippen molar-refractivity contribution in [3.63, 3.8) is 0 Å². The summed E-state index contributed by atoms with van der Waals surface area (Å²) >= 11 is 0. The quantitative estimate of drug-likeness (QED) is 0.223. The van der Waals surface area contributed by atoms with Crippen LogP contribution in [-0.2, 0) is 10.1 Å². The highest BCUT2D eigenvalue weighted by molar-refractivity contribution is 7.88. The minimum atomic E-state index is -6.08. The molecular formula is C17H14F3NO8S. The summed E-state index contributed by atoms with van der Waals surface area (Å²) < 4.78 is 75.1. The molecule has 2 aromatic rings. The van der Waals surface area contributed by atoms with Gasteiger partial charge in [-0.15, -0.1) is 0 Å². The summed E-state index contributed by atoms with van der Waals surface area (Å²) in [4.78, 5) is 10.3. The molecule has 2 aromatic carbocycles. The molecule has 0 spiro atoms. The van der Waals surface area contributed by atoms with Crippen LogP contribution in [0.4, 0.5) is 18.9 Å². The Kier molecular flexibility index (Phi) is 6.45. The number of alkyl halides is 3. The average Bonchev–Trinajstić information content (AvgIpc) is 2.66. The van der Waals surface area contributed by atoms with Gasteiger partial charge in [0.25, 0.3) is 5.69 Å². The second-order valence-corrected chi connectivity index (χ2v) is 7.11. The first-order valence-electron chi connectivity index (χ1n) is 7.82. The lowest BCUT2D eigenvalue weighted by molar-refractivity contribution is -0.385. The van der Waals surface area contributed by atoms with E-state index in [0.29, 0.717) is 5.56 Å². The molecule has 13 heteroatoms. The van der Waals surface area contributed by atoms with Crippen LogP contribution in [0.3, 0.4) is 0 Å². The maximum absolute atomic E-state index is 12.7. The lowest BCUT2D eigenvalue weighted by atomic mass is 10.1. The molecule has 0 aliphatic rings. The summed E-state index contributed by atoms with van der Waals surface area (Å²) in [5, 5.41) is 20.7. The minimum Gasteiger partial charge on any atom is -0.504 e. The molecule has 1 N–H and O–H groups in total. The third-order valence-corrected chi connectivity index (χ3v) is 4.59. The third-order valence-electron chi connectivity index (χ3n) is 3.63. The fourth-order valence-electron chi connectivity index (χ4n) is 2.22. The molecule has 0 aliphatic carbocycles. The summed E-state index contributed by atoms with van der Waals surface area (Å²) in [6.07, 6.45) is 2.37. The first-order chi connectivity index (χ1) is 13.9. The van der Waals surface area contributed by atoms with Crippen LogP contribution in [0.15, 0.2) is 30.3 Å². The zero-order valence-corrected chi connectivity index (χ0v) is 16.2. The number of phenolic OH excluding ortho intramolecular Hbond substituents is 1. The van der Waals surface area contributed by atoms with Crippen molar-refractivity contribution in [2.75, 3.05) is 14.2 Å². The SMILES string of the molecule is COc1cc(/C=C/c2cc([N+](=O)[O-])cc(OC)c2OS(=O)(=O)C(F)(F)F)ccc1O. The lowest BCUT2D eigenvalue weighted by Gasteiger charge is -2.14. The molecule has 0 radical (unpaired) electrons. The highest BCUT2D eigenvalue weighted by atomic mass is 32.2. The number of hydrogen-bond donors (Lipinski definition) is 1. The minimum absolute atomic E-state index is 0.0879. The van der Waals surface area contributed by atoms with Gasteiger partial charge in [-0.25, -0.2) is 0 Å². The molecule has 2 rings (SSSR count). The van der Waals surface area contributed by atoms with Crippen LogP contribution in [0.2, 0.25) is 0 Å². The first-order valence-corrected chi connectivity index (χ1v) is 9.22. The van der Waals surface area contributed by atoms with Gasteiger partial charge in [0.2, 0.25) is 0 Å². The summed E-state index contributed by atoms with van der Waals surface area (Å²) in [6.45, 7) is 0. The topological polar surface area (TPSA) is 125 Å². The van der Waals surface area contributed by atoms with E-state index in [9.17, 15) is 36.8 Å². The van der Waals surface area contributed by atoms with Gasteiger partial charge in [-0.3, -0.25) is 10.1 Å². The highest BCUT2D eigenvalue weighted by Crippen LogP contribution is 2.40. The van der Waals surface area contributed by atoms with Crippen LogP contribution in [0, 0.1) is 10.1 Å². The number of methoxy groups -OCH3 is 2. The monoisotopic (exact) mass is 449 g/mol. The number of halogens is 3. The van der Waals surface area contributed by atoms with Crippen molar-refractivity contribution >= 4 is 28.0 Å². The van der Waals surface area contributed by atoms with Crippen LogP contribution in [0.25, 0.3) is 12.2 Å². The van der Waals surface area contributed by atoms with Crippen molar-refractivity contribution in [3.8, 4) is 23.0 Å². The number of nitro benzene ring substituents is 1. The van der Waals surface area contributed by atoms with Gasteiger partial charge in [0.1, 0.15) is 0 Å². The van der Waals surface area contributed by atoms with Crippen molar-refractivity contribution in [2.24, 2.45) is 0 Å². The number of rotatable bonds is 7. The molecule has 0 aliphatic heterocycles. The fraction of sp³-hybridized carbons (Fsp3) is 0.176. The lowest BCUT2D eigenvalue weighted by Crippen LogP contribution is -2.28. The van der Waals surface area contributed by atoms with Crippen LogP contribution in [0.1, 0.15) is 11.1 Å². The number of benzene rings is 2. The van der Waals surface area contributed by atoms with Gasteiger partial charge >= 0.3 is 15.6 Å². The predicted octanol–water partition coefficient (Wildman–Crippen LogP) is 3.72. The van der Waals surface area contributed by atoms with Crippen LogP contribution >= 0.6 is 0 Å². The molecule has 9 nitrogen and oxygen atoms in total. The molecule has 0 bridgehead atoms. The van der Waals surface area contributed by atoms with E-state index in [-0.39, 0.29) is 17.1 Å². The number of ether oxygens (including phenoxy) is 2. The maximum Gasteiger partial charge on any atom is 0.534 e. The Hall–Kier alpha value is -3.48. The molecule has 0 atom stereocenters. The van der Waals surface area contributed by atoms with E-state index in [4.69, 9.17) is 9.47 Å². The Bertz CT molecular complexity index is 1100. The fourth-order valence-corrected chi connectivity index (χ4v) is 2.71. The van der Waals surface area contributed by atoms with E-state index in [0.717, 1.165) is 25.3 Å². The summed E-state index contributed by atoms with van der Waals surface area (Å²) in [5.74, 6) is -1.57. The Morgan fingerprint density at radius 1 is 1.07 bits per heavy atom. The molecule has 0 saturated heterocycles. The van der Waals surface area contributed by atoms with Gasteiger partial charge in [0, 0.05) is 11.6 Å². The molecule has 0 amide bonds.